The molecule has 0 saturated heterocycles. The fourth-order valence-electron chi connectivity index (χ4n) is 2.23. The Balaban J connectivity index is 1.82. The van der Waals surface area contributed by atoms with Gasteiger partial charge in [0.05, 0.1) is 5.75 Å². The van der Waals surface area contributed by atoms with Gasteiger partial charge in [0, 0.05) is 22.8 Å². The Morgan fingerprint density at radius 3 is 2.40 bits per heavy atom. The number of sulfonamides is 1. The van der Waals surface area contributed by atoms with Crippen molar-refractivity contribution in [3.8, 4) is 0 Å². The molecule has 0 bridgehead atoms. The van der Waals surface area contributed by atoms with Gasteiger partial charge in [-0.05, 0) is 55.7 Å². The molecule has 0 aromatic heterocycles. The van der Waals surface area contributed by atoms with E-state index in [-0.39, 0.29) is 11.7 Å². The van der Waals surface area contributed by atoms with Crippen molar-refractivity contribution >= 4 is 33.2 Å². The Hall–Kier alpha value is -2.05. The van der Waals surface area contributed by atoms with Crippen molar-refractivity contribution < 1.29 is 13.2 Å². The summed E-state index contributed by atoms with van der Waals surface area (Å²) in [6.45, 7) is 2.10. The lowest BCUT2D eigenvalue weighted by molar-refractivity contribution is 0.0953. The van der Waals surface area contributed by atoms with Crippen molar-refractivity contribution in [2.24, 2.45) is 0 Å². The zero-order chi connectivity index (χ0) is 18.3. The van der Waals surface area contributed by atoms with Gasteiger partial charge in [0.15, 0.2) is 0 Å². The minimum atomic E-state index is -3.31. The summed E-state index contributed by atoms with van der Waals surface area (Å²) in [7, 11) is -3.31. The van der Waals surface area contributed by atoms with Crippen LogP contribution in [0.2, 0.25) is 5.02 Å². The van der Waals surface area contributed by atoms with Crippen molar-refractivity contribution in [2.45, 2.75) is 19.8 Å². The van der Waals surface area contributed by atoms with Crippen molar-refractivity contribution in [3.05, 3.63) is 64.7 Å². The quantitative estimate of drug-likeness (QED) is 0.688. The highest BCUT2D eigenvalue weighted by atomic mass is 35.5. The minimum absolute atomic E-state index is 0.000663. The molecule has 2 N–H and O–H groups in total. The number of hydrogen-bond donors (Lipinski definition) is 2. The summed E-state index contributed by atoms with van der Waals surface area (Å²) in [6, 6.07) is 14.0. The van der Waals surface area contributed by atoms with E-state index < -0.39 is 10.0 Å². The van der Waals surface area contributed by atoms with E-state index >= 15 is 0 Å². The molecule has 5 nitrogen and oxygen atoms in total. The first kappa shape index (κ1) is 19.3. The number of halogens is 1. The molecule has 134 valence electrons. The highest BCUT2D eigenvalue weighted by Gasteiger charge is 2.09. The van der Waals surface area contributed by atoms with Crippen LogP contribution in [0.3, 0.4) is 0 Å². The van der Waals surface area contributed by atoms with Gasteiger partial charge in [0.25, 0.3) is 5.91 Å². The Bertz CT molecular complexity index is 820. The number of nitrogens with one attached hydrogen (secondary N) is 2. The summed E-state index contributed by atoms with van der Waals surface area (Å²) in [4.78, 5) is 12.1. The van der Waals surface area contributed by atoms with Gasteiger partial charge in [0.2, 0.25) is 10.0 Å². The van der Waals surface area contributed by atoms with Gasteiger partial charge < -0.3 is 5.32 Å². The molecule has 0 fully saturated rings. The number of hydrogen-bond acceptors (Lipinski definition) is 3. The van der Waals surface area contributed by atoms with E-state index in [1.54, 1.807) is 31.2 Å². The zero-order valence-corrected chi connectivity index (χ0v) is 15.5. The highest BCUT2D eigenvalue weighted by molar-refractivity contribution is 7.92. The molecule has 0 saturated carbocycles. The molecular weight excluding hydrogens is 360 g/mol. The maximum atomic E-state index is 12.1. The predicted octanol–water partition coefficient (Wildman–Crippen LogP) is 3.46. The molecule has 0 atom stereocenters. The van der Waals surface area contributed by atoms with Crippen LogP contribution < -0.4 is 10.0 Å². The molecule has 2 rings (SSSR count). The average molecular weight is 381 g/mol. The standard InChI is InChI=1S/C18H21ClN2O3S/c1-2-25(23,24)21-16-11-9-15(10-12-16)18(22)20-13-5-7-14-6-3-4-8-17(14)19/h3-4,6,8-12,21H,2,5,7,13H2,1H3,(H,20,22). The van der Waals surface area contributed by atoms with Crippen molar-refractivity contribution in [3.63, 3.8) is 0 Å². The summed E-state index contributed by atoms with van der Waals surface area (Å²) in [6.07, 6.45) is 1.57. The second kappa shape index (κ2) is 8.87. The number of aryl methyl sites for hydroxylation is 1. The topological polar surface area (TPSA) is 75.3 Å². The smallest absolute Gasteiger partial charge is 0.251 e. The molecule has 0 aliphatic carbocycles. The molecule has 25 heavy (non-hydrogen) atoms. The van der Waals surface area contributed by atoms with Gasteiger partial charge in [-0.2, -0.15) is 0 Å². The first-order chi connectivity index (χ1) is 11.9. The van der Waals surface area contributed by atoms with E-state index in [9.17, 15) is 13.2 Å². The second-order valence-electron chi connectivity index (χ2n) is 5.53. The lowest BCUT2D eigenvalue weighted by atomic mass is 10.1. The molecule has 1 amide bonds. The summed E-state index contributed by atoms with van der Waals surface area (Å²) in [5.41, 5.74) is 1.99. The molecule has 0 radical (unpaired) electrons. The highest BCUT2D eigenvalue weighted by Crippen LogP contribution is 2.16. The Morgan fingerprint density at radius 1 is 1.08 bits per heavy atom. The third kappa shape index (κ3) is 6.07. The Morgan fingerprint density at radius 2 is 1.76 bits per heavy atom. The summed E-state index contributed by atoms with van der Waals surface area (Å²) in [5, 5.41) is 3.58. The van der Waals surface area contributed by atoms with Crippen molar-refractivity contribution in [2.75, 3.05) is 17.0 Å². The third-order valence-electron chi connectivity index (χ3n) is 3.67. The third-order valence-corrected chi connectivity index (χ3v) is 5.34. The minimum Gasteiger partial charge on any atom is -0.352 e. The van der Waals surface area contributed by atoms with Crippen LogP contribution in [0.15, 0.2) is 48.5 Å². The van der Waals surface area contributed by atoms with Crippen molar-refractivity contribution in [1.29, 1.82) is 0 Å². The van der Waals surface area contributed by atoms with Gasteiger partial charge >= 0.3 is 0 Å². The lowest BCUT2D eigenvalue weighted by Crippen LogP contribution is -2.24. The van der Waals surface area contributed by atoms with E-state index in [1.807, 2.05) is 24.3 Å². The number of carbonyl (C=O) groups is 1. The Kier molecular flexibility index (Phi) is 6.84. The SMILES string of the molecule is CCS(=O)(=O)Nc1ccc(C(=O)NCCCc2ccccc2Cl)cc1. The second-order valence-corrected chi connectivity index (χ2v) is 7.95. The van der Waals surface area contributed by atoms with E-state index in [0.717, 1.165) is 23.4 Å². The summed E-state index contributed by atoms with van der Waals surface area (Å²) >= 11 is 6.10. The number of carbonyl (C=O) groups excluding carboxylic acids is 1. The number of anilines is 1. The van der Waals surface area contributed by atoms with Crippen LogP contribution in [0.4, 0.5) is 5.69 Å². The normalized spacial score (nSPS) is 11.1. The summed E-state index contributed by atoms with van der Waals surface area (Å²) < 4.78 is 25.4. The Labute approximate surface area is 153 Å². The van der Waals surface area contributed by atoms with E-state index in [1.165, 1.54) is 0 Å². The molecule has 0 aliphatic heterocycles. The number of amides is 1. The first-order valence-corrected chi connectivity index (χ1v) is 10.1. The molecule has 0 spiro atoms. The molecule has 7 heteroatoms. The maximum Gasteiger partial charge on any atom is 0.251 e. The van der Waals surface area contributed by atoms with Crippen LogP contribution in [-0.4, -0.2) is 26.6 Å². The molecule has 0 heterocycles. The van der Waals surface area contributed by atoms with Gasteiger partial charge in [0.1, 0.15) is 0 Å². The maximum absolute atomic E-state index is 12.1. The average Bonchev–Trinajstić information content (AvgIpc) is 2.60. The van der Waals surface area contributed by atoms with Crippen LogP contribution in [0.25, 0.3) is 0 Å². The zero-order valence-electron chi connectivity index (χ0n) is 14.0. The number of rotatable bonds is 8. The van der Waals surface area contributed by atoms with Crippen LogP contribution in [-0.2, 0) is 16.4 Å². The lowest BCUT2D eigenvalue weighted by Gasteiger charge is -2.08. The number of benzene rings is 2. The van der Waals surface area contributed by atoms with E-state index in [2.05, 4.69) is 10.0 Å². The van der Waals surface area contributed by atoms with E-state index in [0.29, 0.717) is 17.8 Å². The fourth-order valence-corrected chi connectivity index (χ4v) is 3.10. The molecular formula is C18H21ClN2O3S. The van der Waals surface area contributed by atoms with Gasteiger partial charge in [-0.25, -0.2) is 8.42 Å². The monoisotopic (exact) mass is 380 g/mol. The van der Waals surface area contributed by atoms with Crippen LogP contribution >= 0.6 is 11.6 Å². The van der Waals surface area contributed by atoms with Gasteiger partial charge in [-0.15, -0.1) is 0 Å². The molecule has 2 aromatic rings. The van der Waals surface area contributed by atoms with Crippen molar-refractivity contribution in [1.82, 2.24) is 5.32 Å². The summed E-state index contributed by atoms with van der Waals surface area (Å²) in [5.74, 6) is -0.190. The molecule has 2 aromatic carbocycles. The van der Waals surface area contributed by atoms with Crippen LogP contribution in [0.5, 0.6) is 0 Å². The van der Waals surface area contributed by atoms with Crippen LogP contribution in [0, 0.1) is 0 Å². The molecule has 0 aliphatic rings. The fraction of sp³-hybridized carbons (Fsp3) is 0.278. The van der Waals surface area contributed by atoms with Gasteiger partial charge in [-0.1, -0.05) is 29.8 Å². The molecule has 0 unspecified atom stereocenters. The van der Waals surface area contributed by atoms with Gasteiger partial charge in [-0.3, -0.25) is 9.52 Å². The van der Waals surface area contributed by atoms with E-state index in [4.69, 9.17) is 11.6 Å². The van der Waals surface area contributed by atoms with Crippen LogP contribution in [0.1, 0.15) is 29.3 Å². The largest absolute Gasteiger partial charge is 0.352 e. The predicted molar refractivity (Wildman–Crippen MR) is 102 cm³/mol. The first-order valence-electron chi connectivity index (χ1n) is 8.03.